The van der Waals surface area contributed by atoms with E-state index in [1.807, 2.05) is 0 Å². The Kier molecular flexibility index (Phi) is 236. The maximum atomic E-state index is 0. The van der Waals surface area contributed by atoms with Crippen LogP contribution in [0.2, 0.25) is 0 Å². The van der Waals surface area contributed by atoms with Crippen LogP contribution in [0.1, 0.15) is 0 Å². The van der Waals surface area contributed by atoms with E-state index in [0.717, 1.165) is 0 Å². The molecule has 0 amide bonds. The van der Waals surface area contributed by atoms with Crippen molar-refractivity contribution in [2.24, 2.45) is 0 Å². The van der Waals surface area contributed by atoms with Crippen LogP contribution >= 0.6 is 0 Å². The van der Waals surface area contributed by atoms with Gasteiger partial charge >= 0.3 is 0 Å². The van der Waals surface area contributed by atoms with Gasteiger partial charge in [-0.3, -0.25) is 0 Å². The third kappa shape index (κ3) is 9.29. The van der Waals surface area contributed by atoms with Gasteiger partial charge in [0.1, 0.15) is 0 Å². The molecule has 0 rings (SSSR count). The first-order valence-electron chi connectivity index (χ1n) is 0. The molecule has 0 atom stereocenters. The second-order valence-electron chi connectivity index (χ2n) is 0. The van der Waals surface area contributed by atoms with Crippen LogP contribution in [-0.2, 0) is 56.2 Å². The predicted octanol–water partition coefficient (Wildman–Crippen LogP) is 0.154. The monoisotopic (exact) mass is 220 g/mol. The normalized spacial score (nSPS) is 0. The molecule has 0 aliphatic rings. The van der Waals surface area contributed by atoms with Gasteiger partial charge in [-0.05, 0) is 0 Å². The van der Waals surface area contributed by atoms with E-state index >= 15 is 0 Å². The predicted molar refractivity (Wildman–Crippen MR) is 5.02 cm³/mol. The summed E-state index contributed by atoms with van der Waals surface area (Å²) < 4.78 is 0. The van der Waals surface area contributed by atoms with Crippen molar-refractivity contribution in [3.8, 4) is 0 Å². The first-order chi connectivity index (χ1) is 0. The average Bonchev–Trinajstić information content (AvgIpc) is 0. The quantitative estimate of drug-likeness (QED) is 0.580. The van der Waals surface area contributed by atoms with Crippen LogP contribution in [0.3, 0.4) is 0 Å². The van der Waals surface area contributed by atoms with Crippen LogP contribution in [-0.4, -0.2) is 0 Å². The van der Waals surface area contributed by atoms with Gasteiger partial charge in [0.15, 0.2) is 0 Å². The van der Waals surface area contributed by atoms with Crippen molar-refractivity contribution in [3.63, 3.8) is 0 Å². The van der Waals surface area contributed by atoms with Gasteiger partial charge in [0.2, 0.25) is 0 Å². The van der Waals surface area contributed by atoms with Crippen molar-refractivity contribution >= 4 is 0 Å². The Morgan fingerprint density at radius 1 is 1.00 bits per heavy atom. The first kappa shape index (κ1) is 42.9. The molecule has 0 saturated heterocycles. The van der Waals surface area contributed by atoms with Gasteiger partial charge in [0.25, 0.3) is 0 Å². The standard InChI is InChI=1S/Cr.H3N.Nb.Ni/h;1H3;;. The molecule has 1 nitrogen and oxygen atoms in total. The SMILES string of the molecule is N.[Cr].[Nb].[Ni]. The van der Waals surface area contributed by atoms with Crippen LogP contribution < -0.4 is 6.15 Å². The summed E-state index contributed by atoms with van der Waals surface area (Å²) in [6.07, 6.45) is 0. The number of hydrogen-bond donors (Lipinski definition) is 1. The molecule has 0 aliphatic carbocycles. The fraction of sp³-hybridized carbons (Fsp3) is 0. The maximum absolute atomic E-state index is 0. The Morgan fingerprint density at radius 3 is 1.00 bits per heavy atom. The molecule has 0 aliphatic heterocycles. The molecular formula is H3CrNNbNi. The van der Waals surface area contributed by atoms with E-state index in [0.29, 0.717) is 0 Å². The third-order valence-corrected chi connectivity index (χ3v) is 0. The minimum absolute atomic E-state index is 0. The third-order valence-electron chi connectivity index (χ3n) is 0. The minimum atomic E-state index is 0. The fourth-order valence-electron chi connectivity index (χ4n) is 0. The van der Waals surface area contributed by atoms with Gasteiger partial charge in [-0.1, -0.05) is 0 Å². The van der Waals surface area contributed by atoms with Gasteiger partial charge < -0.3 is 6.15 Å². The van der Waals surface area contributed by atoms with Crippen molar-refractivity contribution in [1.82, 2.24) is 6.15 Å². The van der Waals surface area contributed by atoms with Gasteiger partial charge in [-0.15, -0.1) is 0 Å². The topological polar surface area (TPSA) is 35.0 Å². The van der Waals surface area contributed by atoms with Crippen molar-refractivity contribution in [2.75, 3.05) is 0 Å². The Hall–Kier alpha value is 1.73. The summed E-state index contributed by atoms with van der Waals surface area (Å²) >= 11 is 0. The molecule has 0 aromatic rings. The maximum Gasteiger partial charge on any atom is 0 e. The molecule has 0 spiro atoms. The van der Waals surface area contributed by atoms with Crippen molar-refractivity contribution in [2.45, 2.75) is 0 Å². The molecule has 0 saturated carbocycles. The molecule has 1 radical (unpaired) electrons. The summed E-state index contributed by atoms with van der Waals surface area (Å²) in [5.74, 6) is 0. The molecule has 3 N–H and O–H groups in total. The molecule has 0 heterocycles. The van der Waals surface area contributed by atoms with Gasteiger partial charge in [0.05, 0.1) is 0 Å². The van der Waals surface area contributed by atoms with E-state index in [-0.39, 0.29) is 62.4 Å². The molecule has 4 heavy (non-hydrogen) atoms. The Labute approximate surface area is 62.1 Å². The average molecular weight is 221 g/mol. The van der Waals surface area contributed by atoms with Crippen molar-refractivity contribution in [1.29, 1.82) is 0 Å². The van der Waals surface area contributed by atoms with E-state index in [1.165, 1.54) is 0 Å². The van der Waals surface area contributed by atoms with Crippen molar-refractivity contribution in [3.05, 3.63) is 0 Å². The summed E-state index contributed by atoms with van der Waals surface area (Å²) in [6, 6.07) is 0. The first-order valence-corrected chi connectivity index (χ1v) is 0. The van der Waals surface area contributed by atoms with E-state index in [1.54, 1.807) is 0 Å². The smallest absolute Gasteiger partial charge is 0 e. The molecule has 0 fully saturated rings. The zero-order valence-corrected chi connectivity index (χ0v) is 6.34. The molecule has 0 aromatic carbocycles. The van der Waals surface area contributed by atoms with Crippen LogP contribution in [0.15, 0.2) is 0 Å². The molecular weight excluding hydrogens is 218 g/mol. The summed E-state index contributed by atoms with van der Waals surface area (Å²) in [7, 11) is 0. The van der Waals surface area contributed by atoms with E-state index in [4.69, 9.17) is 0 Å². The second-order valence-corrected chi connectivity index (χ2v) is 0. The molecule has 4 heteroatoms. The number of rotatable bonds is 0. The molecule has 0 aromatic heterocycles. The van der Waals surface area contributed by atoms with Crippen molar-refractivity contribution < 1.29 is 56.2 Å². The molecule has 0 unspecified atom stereocenters. The van der Waals surface area contributed by atoms with Gasteiger partial charge in [-0.25, -0.2) is 0 Å². The fourth-order valence-corrected chi connectivity index (χ4v) is 0. The Balaban J connectivity index is 0. The van der Waals surface area contributed by atoms with Gasteiger partial charge in [-0.2, -0.15) is 0 Å². The van der Waals surface area contributed by atoms with Crippen LogP contribution in [0, 0.1) is 0 Å². The summed E-state index contributed by atoms with van der Waals surface area (Å²) in [6.45, 7) is 0. The molecule has 0 bridgehead atoms. The summed E-state index contributed by atoms with van der Waals surface area (Å²) in [4.78, 5) is 0. The zero-order chi connectivity index (χ0) is 0. The number of hydrogen-bond acceptors (Lipinski definition) is 1. The van der Waals surface area contributed by atoms with Crippen LogP contribution in [0.5, 0.6) is 0 Å². The van der Waals surface area contributed by atoms with E-state index in [2.05, 4.69) is 0 Å². The van der Waals surface area contributed by atoms with Gasteiger partial charge in [0, 0.05) is 56.2 Å². The van der Waals surface area contributed by atoms with Crippen LogP contribution in [0.25, 0.3) is 0 Å². The Bertz CT molecular complexity index is 8.00. The van der Waals surface area contributed by atoms with E-state index in [9.17, 15) is 0 Å². The minimum Gasteiger partial charge on any atom is -0.344 e. The molecule has 29 valence electrons. The van der Waals surface area contributed by atoms with Crippen LogP contribution in [0.4, 0.5) is 0 Å². The van der Waals surface area contributed by atoms with E-state index < -0.39 is 0 Å². The zero-order valence-electron chi connectivity index (χ0n) is 1.88. The largest absolute Gasteiger partial charge is 0.344 e. The summed E-state index contributed by atoms with van der Waals surface area (Å²) in [5, 5.41) is 0. The second kappa shape index (κ2) is 22.0. The Morgan fingerprint density at radius 2 is 1.00 bits per heavy atom. The summed E-state index contributed by atoms with van der Waals surface area (Å²) in [5.41, 5.74) is 0.